The van der Waals surface area contributed by atoms with Crippen molar-refractivity contribution in [2.45, 2.75) is 31.4 Å². The average molecular weight is 193 g/mol. The number of rotatable bonds is 3. The van der Waals surface area contributed by atoms with Crippen molar-refractivity contribution in [3.63, 3.8) is 0 Å². The third-order valence-corrected chi connectivity index (χ3v) is 3.20. The van der Waals surface area contributed by atoms with Gasteiger partial charge in [-0.3, -0.25) is 0 Å². The van der Waals surface area contributed by atoms with Crippen molar-refractivity contribution in [2.75, 3.05) is 6.54 Å². The SMILES string of the molecule is CC(F)c1ccccc1C1(CN)CC1. The zero-order valence-corrected chi connectivity index (χ0v) is 8.46. The zero-order chi connectivity index (χ0) is 10.2. The summed E-state index contributed by atoms with van der Waals surface area (Å²) >= 11 is 0. The van der Waals surface area contributed by atoms with Gasteiger partial charge in [-0.25, -0.2) is 4.39 Å². The number of nitrogens with two attached hydrogens (primary N) is 1. The van der Waals surface area contributed by atoms with Crippen LogP contribution >= 0.6 is 0 Å². The highest BCUT2D eigenvalue weighted by Crippen LogP contribution is 2.49. The van der Waals surface area contributed by atoms with Crippen LogP contribution in [0.4, 0.5) is 4.39 Å². The minimum Gasteiger partial charge on any atom is -0.330 e. The second-order valence-corrected chi connectivity index (χ2v) is 4.19. The first kappa shape index (κ1) is 9.66. The van der Waals surface area contributed by atoms with Crippen molar-refractivity contribution in [1.82, 2.24) is 0 Å². The number of benzene rings is 1. The van der Waals surface area contributed by atoms with Crippen molar-refractivity contribution in [2.24, 2.45) is 5.73 Å². The Hall–Kier alpha value is -0.890. The van der Waals surface area contributed by atoms with Crippen LogP contribution in [-0.2, 0) is 5.41 Å². The first-order chi connectivity index (χ1) is 6.69. The Morgan fingerprint density at radius 2 is 2.07 bits per heavy atom. The smallest absolute Gasteiger partial charge is 0.123 e. The third kappa shape index (κ3) is 1.44. The Morgan fingerprint density at radius 1 is 1.43 bits per heavy atom. The molecule has 14 heavy (non-hydrogen) atoms. The molecule has 1 atom stereocenters. The molecule has 0 bridgehead atoms. The number of hydrogen-bond acceptors (Lipinski definition) is 1. The van der Waals surface area contributed by atoms with E-state index in [1.165, 1.54) is 0 Å². The van der Waals surface area contributed by atoms with Gasteiger partial charge in [-0.15, -0.1) is 0 Å². The van der Waals surface area contributed by atoms with Crippen molar-refractivity contribution in [3.05, 3.63) is 35.4 Å². The van der Waals surface area contributed by atoms with E-state index in [1.54, 1.807) is 6.92 Å². The van der Waals surface area contributed by atoms with Gasteiger partial charge in [-0.1, -0.05) is 24.3 Å². The van der Waals surface area contributed by atoms with Crippen molar-refractivity contribution in [3.8, 4) is 0 Å². The molecule has 2 N–H and O–H groups in total. The summed E-state index contributed by atoms with van der Waals surface area (Å²) in [5, 5.41) is 0. The van der Waals surface area contributed by atoms with E-state index in [2.05, 4.69) is 0 Å². The lowest BCUT2D eigenvalue weighted by atomic mass is 9.90. The molecule has 1 aliphatic rings. The maximum absolute atomic E-state index is 13.3. The number of halogens is 1. The highest BCUT2D eigenvalue weighted by atomic mass is 19.1. The van der Waals surface area contributed by atoms with Gasteiger partial charge in [0.25, 0.3) is 0 Å². The largest absolute Gasteiger partial charge is 0.330 e. The second-order valence-electron chi connectivity index (χ2n) is 4.19. The molecule has 1 aromatic rings. The standard InChI is InChI=1S/C12H16FN/c1-9(13)10-4-2-3-5-11(10)12(8-14)6-7-12/h2-5,9H,6-8,14H2,1H3. The predicted molar refractivity (Wildman–Crippen MR) is 55.9 cm³/mol. The minimum absolute atomic E-state index is 0.0942. The molecule has 0 aromatic heterocycles. The quantitative estimate of drug-likeness (QED) is 0.784. The van der Waals surface area contributed by atoms with Crippen LogP contribution in [-0.4, -0.2) is 6.54 Å². The second kappa shape index (κ2) is 3.35. The molecule has 76 valence electrons. The van der Waals surface area contributed by atoms with Crippen molar-refractivity contribution < 1.29 is 4.39 Å². The zero-order valence-electron chi connectivity index (χ0n) is 8.46. The Labute approximate surface area is 84.1 Å². The molecule has 1 unspecified atom stereocenters. The van der Waals surface area contributed by atoms with Gasteiger partial charge < -0.3 is 5.73 Å². The molecule has 0 saturated heterocycles. The molecule has 1 aromatic carbocycles. The van der Waals surface area contributed by atoms with E-state index in [-0.39, 0.29) is 5.41 Å². The van der Waals surface area contributed by atoms with E-state index < -0.39 is 6.17 Å². The van der Waals surface area contributed by atoms with E-state index >= 15 is 0 Å². The maximum Gasteiger partial charge on any atom is 0.123 e. The molecule has 1 fully saturated rings. The summed E-state index contributed by atoms with van der Waals surface area (Å²) in [4.78, 5) is 0. The van der Waals surface area contributed by atoms with Gasteiger partial charge in [-0.2, -0.15) is 0 Å². The number of alkyl halides is 1. The first-order valence-corrected chi connectivity index (χ1v) is 5.13. The molecule has 0 radical (unpaired) electrons. The Bertz CT molecular complexity index is 329. The fourth-order valence-corrected chi connectivity index (χ4v) is 2.06. The monoisotopic (exact) mass is 193 g/mol. The lowest BCUT2D eigenvalue weighted by Crippen LogP contribution is -2.21. The highest BCUT2D eigenvalue weighted by molar-refractivity contribution is 5.40. The molecule has 0 aliphatic heterocycles. The number of hydrogen-bond donors (Lipinski definition) is 1. The van der Waals surface area contributed by atoms with Crippen LogP contribution in [0.3, 0.4) is 0 Å². The topological polar surface area (TPSA) is 26.0 Å². The van der Waals surface area contributed by atoms with E-state index in [1.807, 2.05) is 24.3 Å². The predicted octanol–water partition coefficient (Wildman–Crippen LogP) is 2.71. The summed E-state index contributed by atoms with van der Waals surface area (Å²) in [5.41, 5.74) is 7.78. The van der Waals surface area contributed by atoms with Gasteiger partial charge in [0.05, 0.1) is 0 Å². The molecule has 1 aliphatic carbocycles. The van der Waals surface area contributed by atoms with Crippen LogP contribution < -0.4 is 5.73 Å². The minimum atomic E-state index is -0.893. The fourth-order valence-electron chi connectivity index (χ4n) is 2.06. The molecular weight excluding hydrogens is 177 g/mol. The first-order valence-electron chi connectivity index (χ1n) is 5.13. The van der Waals surface area contributed by atoms with Crippen LogP contribution in [0.5, 0.6) is 0 Å². The molecule has 2 rings (SSSR count). The van der Waals surface area contributed by atoms with E-state index in [0.29, 0.717) is 6.54 Å². The van der Waals surface area contributed by atoms with Crippen LogP contribution in [0.1, 0.15) is 37.1 Å². The van der Waals surface area contributed by atoms with E-state index in [4.69, 9.17) is 5.73 Å². The molecule has 0 spiro atoms. The van der Waals surface area contributed by atoms with Crippen molar-refractivity contribution in [1.29, 1.82) is 0 Å². The molecule has 0 amide bonds. The summed E-state index contributed by atoms with van der Waals surface area (Å²) in [5.74, 6) is 0. The van der Waals surface area contributed by atoms with Gasteiger partial charge in [-0.05, 0) is 30.9 Å². The Kier molecular flexibility index (Phi) is 2.31. The summed E-state index contributed by atoms with van der Waals surface area (Å²) < 4.78 is 13.3. The lowest BCUT2D eigenvalue weighted by molar-refractivity contribution is 0.369. The lowest BCUT2D eigenvalue weighted by Gasteiger charge is -2.18. The summed E-state index contributed by atoms with van der Waals surface area (Å²) in [7, 11) is 0. The van der Waals surface area contributed by atoms with E-state index in [9.17, 15) is 4.39 Å². The van der Waals surface area contributed by atoms with Crippen LogP contribution in [0, 0.1) is 0 Å². The van der Waals surface area contributed by atoms with Crippen molar-refractivity contribution >= 4 is 0 Å². The maximum atomic E-state index is 13.3. The van der Waals surface area contributed by atoms with Crippen LogP contribution in [0.25, 0.3) is 0 Å². The average Bonchev–Trinajstić information content (AvgIpc) is 2.98. The fraction of sp³-hybridized carbons (Fsp3) is 0.500. The van der Waals surface area contributed by atoms with Crippen LogP contribution in [0.2, 0.25) is 0 Å². The van der Waals surface area contributed by atoms with Gasteiger partial charge in [0.1, 0.15) is 6.17 Å². The van der Waals surface area contributed by atoms with E-state index in [0.717, 1.165) is 24.0 Å². The summed E-state index contributed by atoms with van der Waals surface area (Å²) in [6.45, 7) is 2.22. The normalized spacial score (nSPS) is 20.5. The van der Waals surface area contributed by atoms with Crippen LogP contribution in [0.15, 0.2) is 24.3 Å². The molecule has 2 heteroatoms. The third-order valence-electron chi connectivity index (χ3n) is 3.20. The van der Waals surface area contributed by atoms with Gasteiger partial charge in [0, 0.05) is 12.0 Å². The van der Waals surface area contributed by atoms with Gasteiger partial charge in [0.15, 0.2) is 0 Å². The summed E-state index contributed by atoms with van der Waals surface area (Å²) in [6.07, 6.45) is 1.32. The molecule has 0 heterocycles. The summed E-state index contributed by atoms with van der Waals surface area (Å²) in [6, 6.07) is 7.75. The molecule has 1 saturated carbocycles. The highest BCUT2D eigenvalue weighted by Gasteiger charge is 2.44. The molecular formula is C12H16FN. The molecule has 1 nitrogen and oxygen atoms in total. The Morgan fingerprint density at radius 3 is 2.57 bits per heavy atom. The van der Waals surface area contributed by atoms with Gasteiger partial charge >= 0.3 is 0 Å². The Balaban J connectivity index is 2.42. The van der Waals surface area contributed by atoms with Gasteiger partial charge in [0.2, 0.25) is 0 Å².